The predicted octanol–water partition coefficient (Wildman–Crippen LogP) is 3.76. The van der Waals surface area contributed by atoms with Gasteiger partial charge in [0.1, 0.15) is 6.10 Å². The Kier molecular flexibility index (Phi) is 4.38. The smallest absolute Gasteiger partial charge is 0.416 e. The van der Waals surface area contributed by atoms with Gasteiger partial charge in [0, 0.05) is 12.8 Å². The minimum atomic E-state index is -4.33. The van der Waals surface area contributed by atoms with Gasteiger partial charge < -0.3 is 4.74 Å². The molecule has 0 unspecified atom stereocenters. The number of ether oxygens (including phenoxy) is 1. The van der Waals surface area contributed by atoms with Gasteiger partial charge in [-0.1, -0.05) is 19.1 Å². The van der Waals surface area contributed by atoms with Gasteiger partial charge >= 0.3 is 12.1 Å². The van der Waals surface area contributed by atoms with E-state index in [1.165, 1.54) is 19.1 Å². The van der Waals surface area contributed by atoms with Crippen LogP contribution in [0.5, 0.6) is 0 Å². The number of hydrogen-bond donors (Lipinski definition) is 0. The number of carbonyl (C=O) groups is 1. The van der Waals surface area contributed by atoms with Crippen molar-refractivity contribution in [1.29, 1.82) is 0 Å². The summed E-state index contributed by atoms with van der Waals surface area (Å²) in [7, 11) is 0. The summed E-state index contributed by atoms with van der Waals surface area (Å²) in [6.45, 7) is 4.82. The number of hydrogen-bond acceptors (Lipinski definition) is 2. The van der Waals surface area contributed by atoms with E-state index >= 15 is 0 Å². The summed E-state index contributed by atoms with van der Waals surface area (Å²) < 4.78 is 42.1. The lowest BCUT2D eigenvalue weighted by atomic mass is 9.95. The van der Waals surface area contributed by atoms with E-state index in [2.05, 4.69) is 0 Å². The first-order valence-electron chi connectivity index (χ1n) is 5.56. The Morgan fingerprint density at radius 2 is 1.67 bits per heavy atom. The maximum absolute atomic E-state index is 12.4. The average molecular weight is 260 g/mol. The van der Waals surface area contributed by atoms with Crippen LogP contribution in [0.15, 0.2) is 24.3 Å². The van der Waals surface area contributed by atoms with Gasteiger partial charge in [0.15, 0.2) is 0 Å². The van der Waals surface area contributed by atoms with E-state index in [1.807, 2.05) is 0 Å². The Morgan fingerprint density at radius 1 is 1.17 bits per heavy atom. The second-order valence-corrected chi connectivity index (χ2v) is 4.22. The van der Waals surface area contributed by atoms with Gasteiger partial charge in [0.05, 0.1) is 5.56 Å². The molecule has 0 aliphatic heterocycles. The van der Waals surface area contributed by atoms with Crippen molar-refractivity contribution in [2.75, 3.05) is 0 Å². The van der Waals surface area contributed by atoms with Gasteiger partial charge in [-0.2, -0.15) is 13.2 Å². The maximum atomic E-state index is 12.4. The fourth-order valence-corrected chi connectivity index (χ4v) is 1.61. The SMILES string of the molecule is CC(=O)O[C@@H](C)[C@H](C)c1ccc(C(F)(F)F)cc1. The van der Waals surface area contributed by atoms with E-state index < -0.39 is 17.7 Å². The lowest BCUT2D eigenvalue weighted by Crippen LogP contribution is -2.19. The van der Waals surface area contributed by atoms with Crippen molar-refractivity contribution in [3.63, 3.8) is 0 Å². The first-order valence-corrected chi connectivity index (χ1v) is 5.56. The molecule has 100 valence electrons. The topological polar surface area (TPSA) is 26.3 Å². The van der Waals surface area contributed by atoms with Gasteiger partial charge in [-0.05, 0) is 24.6 Å². The van der Waals surface area contributed by atoms with Crippen molar-refractivity contribution in [3.05, 3.63) is 35.4 Å². The van der Waals surface area contributed by atoms with E-state index in [-0.39, 0.29) is 12.0 Å². The molecule has 2 atom stereocenters. The maximum Gasteiger partial charge on any atom is 0.416 e. The normalized spacial score (nSPS) is 15.0. The molecule has 0 N–H and O–H groups in total. The summed E-state index contributed by atoms with van der Waals surface area (Å²) in [6, 6.07) is 4.89. The van der Waals surface area contributed by atoms with Crippen molar-refractivity contribution in [1.82, 2.24) is 0 Å². The summed E-state index contributed by atoms with van der Waals surface area (Å²) >= 11 is 0. The third-order valence-corrected chi connectivity index (χ3v) is 2.82. The van der Waals surface area contributed by atoms with Crippen LogP contribution in [0.4, 0.5) is 13.2 Å². The summed E-state index contributed by atoms with van der Waals surface area (Å²) in [5.41, 5.74) is 0.0235. The molecule has 0 aromatic heterocycles. The van der Waals surface area contributed by atoms with E-state index in [1.54, 1.807) is 13.8 Å². The second kappa shape index (κ2) is 5.42. The first kappa shape index (κ1) is 14.5. The summed E-state index contributed by atoms with van der Waals surface area (Å²) in [5.74, 6) is -0.558. The standard InChI is InChI=1S/C13H15F3O2/c1-8(9(2)18-10(3)17)11-4-6-12(7-5-11)13(14,15)16/h4-9H,1-3H3/t8-,9-/m0/s1. The van der Waals surface area contributed by atoms with E-state index in [4.69, 9.17) is 4.74 Å². The molecule has 18 heavy (non-hydrogen) atoms. The molecule has 0 aliphatic rings. The van der Waals surface area contributed by atoms with Crippen LogP contribution >= 0.6 is 0 Å². The third kappa shape index (κ3) is 3.75. The Labute approximate surface area is 104 Å². The lowest BCUT2D eigenvalue weighted by Gasteiger charge is -2.20. The summed E-state index contributed by atoms with van der Waals surface area (Å²) in [4.78, 5) is 10.8. The highest BCUT2D eigenvalue weighted by Crippen LogP contribution is 2.30. The van der Waals surface area contributed by atoms with Gasteiger partial charge in [-0.3, -0.25) is 4.79 Å². The summed E-state index contributed by atoms with van der Waals surface area (Å²) in [6.07, 6.45) is -4.71. The van der Waals surface area contributed by atoms with Crippen molar-refractivity contribution in [3.8, 4) is 0 Å². The number of benzene rings is 1. The van der Waals surface area contributed by atoms with Crippen molar-refractivity contribution < 1.29 is 22.7 Å². The molecule has 0 saturated heterocycles. The molecule has 0 aliphatic carbocycles. The number of halogens is 3. The molecule has 5 heteroatoms. The average Bonchev–Trinajstić information content (AvgIpc) is 2.26. The van der Waals surface area contributed by atoms with Crippen LogP contribution in [0.2, 0.25) is 0 Å². The van der Waals surface area contributed by atoms with E-state index in [0.717, 1.165) is 12.1 Å². The molecule has 0 fully saturated rings. The Balaban J connectivity index is 2.82. The molecule has 0 heterocycles. The molecular formula is C13H15F3O2. The molecular weight excluding hydrogens is 245 g/mol. The molecule has 1 rings (SSSR count). The third-order valence-electron chi connectivity index (χ3n) is 2.82. The molecule has 0 bridgehead atoms. The van der Waals surface area contributed by atoms with Crippen LogP contribution in [0.1, 0.15) is 37.8 Å². The summed E-state index contributed by atoms with van der Waals surface area (Å²) in [5, 5.41) is 0. The van der Waals surface area contributed by atoms with Crippen molar-refractivity contribution >= 4 is 5.97 Å². The molecule has 0 saturated carbocycles. The highest BCUT2D eigenvalue weighted by Gasteiger charge is 2.30. The first-order chi connectivity index (χ1) is 8.21. The monoisotopic (exact) mass is 260 g/mol. The highest BCUT2D eigenvalue weighted by atomic mass is 19.4. The minimum absolute atomic E-state index is 0.156. The van der Waals surface area contributed by atoms with Gasteiger partial charge in [0.25, 0.3) is 0 Å². The zero-order valence-electron chi connectivity index (χ0n) is 10.4. The van der Waals surface area contributed by atoms with Gasteiger partial charge in [0.2, 0.25) is 0 Å². The highest BCUT2D eigenvalue weighted by molar-refractivity contribution is 5.66. The van der Waals surface area contributed by atoms with Crippen LogP contribution in [0.25, 0.3) is 0 Å². The van der Waals surface area contributed by atoms with Crippen molar-refractivity contribution in [2.45, 2.75) is 39.0 Å². The van der Waals surface area contributed by atoms with Crippen molar-refractivity contribution in [2.24, 2.45) is 0 Å². The molecule has 0 radical (unpaired) electrons. The Bertz CT molecular complexity index is 409. The molecule has 1 aromatic rings. The Morgan fingerprint density at radius 3 is 2.06 bits per heavy atom. The zero-order chi connectivity index (χ0) is 13.9. The Hall–Kier alpha value is -1.52. The van der Waals surface area contributed by atoms with Crippen LogP contribution in [-0.4, -0.2) is 12.1 Å². The number of alkyl halides is 3. The molecule has 0 spiro atoms. The largest absolute Gasteiger partial charge is 0.462 e. The second-order valence-electron chi connectivity index (χ2n) is 4.22. The lowest BCUT2D eigenvalue weighted by molar-refractivity contribution is -0.146. The zero-order valence-corrected chi connectivity index (χ0v) is 10.4. The van der Waals surface area contributed by atoms with Gasteiger partial charge in [-0.25, -0.2) is 0 Å². The predicted molar refractivity (Wildman–Crippen MR) is 61.1 cm³/mol. The number of esters is 1. The molecule has 0 amide bonds. The fourth-order valence-electron chi connectivity index (χ4n) is 1.61. The van der Waals surface area contributed by atoms with Crippen LogP contribution in [-0.2, 0) is 15.7 Å². The molecule has 1 aromatic carbocycles. The van der Waals surface area contributed by atoms with E-state index in [9.17, 15) is 18.0 Å². The van der Waals surface area contributed by atoms with Crippen LogP contribution in [0.3, 0.4) is 0 Å². The minimum Gasteiger partial charge on any atom is -0.462 e. The number of carbonyl (C=O) groups excluding carboxylic acids is 1. The number of rotatable bonds is 3. The van der Waals surface area contributed by atoms with E-state index in [0.29, 0.717) is 5.56 Å². The van der Waals surface area contributed by atoms with Gasteiger partial charge in [-0.15, -0.1) is 0 Å². The molecule has 2 nitrogen and oxygen atoms in total. The quantitative estimate of drug-likeness (QED) is 0.773. The fraction of sp³-hybridized carbons (Fsp3) is 0.462. The van der Waals surface area contributed by atoms with Crippen LogP contribution in [0, 0.1) is 0 Å². The van der Waals surface area contributed by atoms with Crippen LogP contribution < -0.4 is 0 Å².